The van der Waals surface area contributed by atoms with E-state index in [2.05, 4.69) is 25.2 Å². The first-order valence-corrected chi connectivity index (χ1v) is 6.78. The van der Waals surface area contributed by atoms with Crippen LogP contribution in [0.5, 0.6) is 0 Å². The van der Waals surface area contributed by atoms with Crippen LogP contribution in [0.3, 0.4) is 0 Å². The third-order valence-electron chi connectivity index (χ3n) is 3.91. The molecule has 0 bridgehead atoms. The van der Waals surface area contributed by atoms with Crippen LogP contribution in [-0.4, -0.2) is 29.9 Å². The molecular weight excluding hydrogens is 224 g/mol. The number of para-hydroxylation sites is 1. The van der Waals surface area contributed by atoms with E-state index in [0.717, 1.165) is 24.9 Å². The zero-order valence-electron chi connectivity index (χ0n) is 11.4. The highest BCUT2D eigenvalue weighted by atomic mass is 16.2. The van der Waals surface area contributed by atoms with Crippen molar-refractivity contribution >= 4 is 11.6 Å². The van der Waals surface area contributed by atoms with Crippen molar-refractivity contribution in [3.05, 3.63) is 29.8 Å². The molecule has 1 N–H and O–H groups in total. The fourth-order valence-corrected chi connectivity index (χ4v) is 2.71. The Hall–Kier alpha value is -1.51. The first-order chi connectivity index (χ1) is 8.67. The summed E-state index contributed by atoms with van der Waals surface area (Å²) < 4.78 is 0. The molecule has 98 valence electrons. The molecule has 3 heteroatoms. The quantitative estimate of drug-likeness (QED) is 0.886. The van der Waals surface area contributed by atoms with Crippen molar-refractivity contribution in [3.8, 4) is 0 Å². The molecule has 0 saturated carbocycles. The van der Waals surface area contributed by atoms with E-state index in [-0.39, 0.29) is 11.9 Å². The van der Waals surface area contributed by atoms with Gasteiger partial charge in [-0.15, -0.1) is 0 Å². The monoisotopic (exact) mass is 246 g/mol. The molecule has 1 aromatic carbocycles. The van der Waals surface area contributed by atoms with Gasteiger partial charge in [-0.05, 0) is 24.5 Å². The maximum atomic E-state index is 12.4. The van der Waals surface area contributed by atoms with Crippen molar-refractivity contribution in [1.82, 2.24) is 4.90 Å². The van der Waals surface area contributed by atoms with E-state index < -0.39 is 0 Å². The zero-order valence-corrected chi connectivity index (χ0v) is 11.4. The second-order valence-corrected chi connectivity index (χ2v) is 4.98. The second-order valence-electron chi connectivity index (χ2n) is 4.98. The molecule has 1 heterocycles. The smallest absolute Gasteiger partial charge is 0.245 e. The second kappa shape index (κ2) is 5.42. The number of nitrogens with one attached hydrogen (secondary N) is 1. The molecule has 0 radical (unpaired) electrons. The van der Waals surface area contributed by atoms with Crippen molar-refractivity contribution in [2.45, 2.75) is 45.2 Å². The predicted octanol–water partition coefficient (Wildman–Crippen LogP) is 2.67. The molecule has 2 rings (SSSR count). The van der Waals surface area contributed by atoms with Crippen LogP contribution in [0.15, 0.2) is 24.3 Å². The van der Waals surface area contributed by atoms with Crippen molar-refractivity contribution in [2.75, 3.05) is 12.4 Å². The third-order valence-corrected chi connectivity index (χ3v) is 3.91. The maximum absolute atomic E-state index is 12.4. The van der Waals surface area contributed by atoms with Gasteiger partial charge in [-0.1, -0.05) is 32.0 Å². The number of anilines is 1. The largest absolute Gasteiger partial charge is 0.373 e. The number of amides is 1. The SMILES string of the molecule is CCC(CC)N(C)C(=O)C1Cc2ccccc2N1. The highest BCUT2D eigenvalue weighted by molar-refractivity contribution is 5.87. The number of likely N-dealkylation sites (N-methyl/N-ethyl adjacent to an activating group) is 1. The molecular formula is C15H22N2O. The minimum Gasteiger partial charge on any atom is -0.373 e. The molecule has 0 spiro atoms. The predicted molar refractivity (Wildman–Crippen MR) is 74.7 cm³/mol. The van der Waals surface area contributed by atoms with Crippen LogP contribution in [0, 0.1) is 0 Å². The van der Waals surface area contributed by atoms with Crippen molar-refractivity contribution < 1.29 is 4.79 Å². The van der Waals surface area contributed by atoms with E-state index in [0.29, 0.717) is 6.04 Å². The lowest BCUT2D eigenvalue weighted by atomic mass is 10.1. The molecule has 1 unspecified atom stereocenters. The van der Waals surface area contributed by atoms with Crippen molar-refractivity contribution in [2.24, 2.45) is 0 Å². The molecule has 1 amide bonds. The molecule has 3 nitrogen and oxygen atoms in total. The fourth-order valence-electron chi connectivity index (χ4n) is 2.71. The van der Waals surface area contributed by atoms with Gasteiger partial charge in [0.15, 0.2) is 0 Å². The van der Waals surface area contributed by atoms with Gasteiger partial charge in [-0.25, -0.2) is 0 Å². The van der Waals surface area contributed by atoms with Crippen LogP contribution >= 0.6 is 0 Å². The van der Waals surface area contributed by atoms with E-state index in [1.807, 2.05) is 30.1 Å². The summed E-state index contributed by atoms with van der Waals surface area (Å²) in [6.07, 6.45) is 2.83. The number of hydrogen-bond donors (Lipinski definition) is 1. The Balaban J connectivity index is 2.05. The van der Waals surface area contributed by atoms with Crippen LogP contribution in [0.2, 0.25) is 0 Å². The van der Waals surface area contributed by atoms with Crippen molar-refractivity contribution in [1.29, 1.82) is 0 Å². The molecule has 1 atom stereocenters. The minimum atomic E-state index is -0.0898. The van der Waals surface area contributed by atoms with Gasteiger partial charge in [0.25, 0.3) is 0 Å². The minimum absolute atomic E-state index is 0.0898. The topological polar surface area (TPSA) is 32.3 Å². The lowest BCUT2D eigenvalue weighted by Crippen LogP contribution is -2.44. The number of rotatable bonds is 4. The number of nitrogens with zero attached hydrogens (tertiary/aromatic N) is 1. The standard InChI is InChI=1S/C15H22N2O/c1-4-12(5-2)17(3)15(18)14-10-11-8-6-7-9-13(11)16-14/h6-9,12,14,16H,4-5,10H2,1-3H3. The summed E-state index contributed by atoms with van der Waals surface area (Å²) in [4.78, 5) is 14.3. The van der Waals surface area contributed by atoms with Gasteiger partial charge in [0, 0.05) is 25.2 Å². The Morgan fingerprint density at radius 3 is 2.67 bits per heavy atom. The Kier molecular flexibility index (Phi) is 3.90. The summed E-state index contributed by atoms with van der Waals surface area (Å²) in [6.45, 7) is 4.27. The Morgan fingerprint density at radius 2 is 2.06 bits per heavy atom. The van der Waals surface area contributed by atoms with E-state index in [4.69, 9.17) is 0 Å². The number of benzene rings is 1. The Labute approximate surface area is 109 Å². The molecule has 1 aliphatic heterocycles. The number of hydrogen-bond acceptors (Lipinski definition) is 2. The van der Waals surface area contributed by atoms with Gasteiger partial charge in [0.05, 0.1) is 0 Å². The normalized spacial score (nSPS) is 17.4. The molecule has 18 heavy (non-hydrogen) atoms. The van der Waals surface area contributed by atoms with Crippen LogP contribution in [0.4, 0.5) is 5.69 Å². The summed E-state index contributed by atoms with van der Waals surface area (Å²) in [6, 6.07) is 8.42. The molecule has 0 saturated heterocycles. The van der Waals surface area contributed by atoms with Gasteiger partial charge in [-0.3, -0.25) is 4.79 Å². The summed E-state index contributed by atoms with van der Waals surface area (Å²) in [5, 5.41) is 3.33. The molecule has 0 fully saturated rings. The summed E-state index contributed by atoms with van der Waals surface area (Å²) in [5.41, 5.74) is 2.35. The number of carbonyl (C=O) groups excluding carboxylic acids is 1. The van der Waals surface area contributed by atoms with Crippen LogP contribution < -0.4 is 5.32 Å². The lowest BCUT2D eigenvalue weighted by molar-refractivity contribution is -0.132. The maximum Gasteiger partial charge on any atom is 0.245 e. The van der Waals surface area contributed by atoms with Crippen molar-refractivity contribution in [3.63, 3.8) is 0 Å². The average Bonchev–Trinajstić information content (AvgIpc) is 2.82. The number of carbonyl (C=O) groups is 1. The summed E-state index contributed by atoms with van der Waals surface area (Å²) in [7, 11) is 1.92. The average molecular weight is 246 g/mol. The van der Waals surface area contributed by atoms with Gasteiger partial charge in [-0.2, -0.15) is 0 Å². The van der Waals surface area contributed by atoms with E-state index in [9.17, 15) is 4.79 Å². The number of fused-ring (bicyclic) bond motifs is 1. The van der Waals surface area contributed by atoms with Crippen LogP contribution in [0.25, 0.3) is 0 Å². The summed E-state index contributed by atoms with van der Waals surface area (Å²) >= 11 is 0. The molecule has 1 aliphatic rings. The van der Waals surface area contributed by atoms with Gasteiger partial charge in [0.2, 0.25) is 5.91 Å². The van der Waals surface area contributed by atoms with E-state index in [1.54, 1.807) is 0 Å². The molecule has 0 aliphatic carbocycles. The first-order valence-electron chi connectivity index (χ1n) is 6.78. The first kappa shape index (κ1) is 12.9. The van der Waals surface area contributed by atoms with E-state index >= 15 is 0 Å². The van der Waals surface area contributed by atoms with E-state index in [1.165, 1.54) is 5.56 Å². The third kappa shape index (κ3) is 2.35. The highest BCUT2D eigenvalue weighted by Crippen LogP contribution is 2.26. The lowest BCUT2D eigenvalue weighted by Gasteiger charge is -2.28. The summed E-state index contributed by atoms with van der Waals surface area (Å²) in [5.74, 6) is 0.208. The van der Waals surface area contributed by atoms with Gasteiger partial charge in [0.1, 0.15) is 6.04 Å². The van der Waals surface area contributed by atoms with Gasteiger partial charge < -0.3 is 10.2 Å². The Morgan fingerprint density at radius 1 is 1.39 bits per heavy atom. The Bertz CT molecular complexity index is 401. The molecule has 0 aromatic heterocycles. The molecule has 1 aromatic rings. The highest BCUT2D eigenvalue weighted by Gasteiger charge is 2.30. The fraction of sp³-hybridized carbons (Fsp3) is 0.533. The van der Waals surface area contributed by atoms with Gasteiger partial charge >= 0.3 is 0 Å². The van der Waals surface area contributed by atoms with Crippen LogP contribution in [-0.2, 0) is 11.2 Å². The van der Waals surface area contributed by atoms with Crippen LogP contribution in [0.1, 0.15) is 32.3 Å². The zero-order chi connectivity index (χ0) is 13.1.